The van der Waals surface area contributed by atoms with Gasteiger partial charge in [-0.3, -0.25) is 5.26 Å². The van der Waals surface area contributed by atoms with E-state index in [0.29, 0.717) is 13.2 Å². The number of hydrogen-bond acceptors (Lipinski definition) is 4. The highest BCUT2D eigenvalue weighted by Gasteiger charge is 2.01. The molecule has 1 atom stereocenters. The minimum atomic E-state index is 0.0620. The van der Waals surface area contributed by atoms with Gasteiger partial charge in [0.2, 0.25) is 0 Å². The second kappa shape index (κ2) is 9.92. The standard InChI is InChI=1S/C9H20O4/c1-3-4-5-11-8-9(2)12-6-7-13-10/h9-10H,3-8H2,1-2H3. The first-order valence-corrected chi connectivity index (χ1v) is 4.77. The Balaban J connectivity index is 3.05. The van der Waals surface area contributed by atoms with Gasteiger partial charge in [0.05, 0.1) is 19.3 Å². The Labute approximate surface area is 79.7 Å². The van der Waals surface area contributed by atoms with Gasteiger partial charge in [-0.05, 0) is 13.3 Å². The minimum absolute atomic E-state index is 0.0620. The first-order chi connectivity index (χ1) is 6.31. The van der Waals surface area contributed by atoms with E-state index in [9.17, 15) is 0 Å². The normalized spacial score (nSPS) is 13.2. The second-order valence-corrected chi connectivity index (χ2v) is 2.94. The van der Waals surface area contributed by atoms with Crippen LogP contribution in [-0.4, -0.2) is 37.8 Å². The summed E-state index contributed by atoms with van der Waals surface area (Å²) < 4.78 is 10.6. The Bertz CT molecular complexity index is 97.6. The van der Waals surface area contributed by atoms with E-state index in [1.165, 1.54) is 0 Å². The molecule has 0 fully saturated rings. The molecule has 0 saturated heterocycles. The van der Waals surface area contributed by atoms with Gasteiger partial charge in [0, 0.05) is 6.61 Å². The van der Waals surface area contributed by atoms with E-state index in [-0.39, 0.29) is 12.7 Å². The average Bonchev–Trinajstić information content (AvgIpc) is 2.13. The molecule has 1 unspecified atom stereocenters. The van der Waals surface area contributed by atoms with Gasteiger partial charge in [-0.1, -0.05) is 13.3 Å². The number of rotatable bonds is 9. The average molecular weight is 192 g/mol. The van der Waals surface area contributed by atoms with Crippen molar-refractivity contribution in [3.63, 3.8) is 0 Å². The van der Waals surface area contributed by atoms with Gasteiger partial charge in [0.25, 0.3) is 0 Å². The molecule has 80 valence electrons. The molecular formula is C9H20O4. The van der Waals surface area contributed by atoms with Crippen molar-refractivity contribution in [2.24, 2.45) is 0 Å². The lowest BCUT2D eigenvalue weighted by Gasteiger charge is -2.12. The Morgan fingerprint density at radius 2 is 2.00 bits per heavy atom. The molecule has 0 radical (unpaired) electrons. The smallest absolute Gasteiger partial charge is 0.105 e. The summed E-state index contributed by atoms with van der Waals surface area (Å²) in [6, 6.07) is 0. The zero-order valence-electron chi connectivity index (χ0n) is 8.49. The molecule has 0 aliphatic heterocycles. The molecule has 0 aliphatic carbocycles. The monoisotopic (exact) mass is 192 g/mol. The van der Waals surface area contributed by atoms with Crippen LogP contribution in [0.15, 0.2) is 0 Å². The van der Waals surface area contributed by atoms with E-state index in [0.717, 1.165) is 19.4 Å². The van der Waals surface area contributed by atoms with E-state index >= 15 is 0 Å². The molecule has 0 heterocycles. The molecule has 0 aliphatic rings. The van der Waals surface area contributed by atoms with Crippen LogP contribution in [0.3, 0.4) is 0 Å². The highest BCUT2D eigenvalue weighted by Crippen LogP contribution is 1.94. The third-order valence-electron chi connectivity index (χ3n) is 1.57. The predicted octanol–water partition coefficient (Wildman–Crippen LogP) is 1.70. The minimum Gasteiger partial charge on any atom is -0.379 e. The van der Waals surface area contributed by atoms with Crippen LogP contribution in [-0.2, 0) is 14.4 Å². The van der Waals surface area contributed by atoms with Gasteiger partial charge in [-0.25, -0.2) is 4.89 Å². The van der Waals surface area contributed by atoms with Crippen LogP contribution in [0.2, 0.25) is 0 Å². The fourth-order valence-electron chi connectivity index (χ4n) is 0.830. The highest BCUT2D eigenvalue weighted by molar-refractivity contribution is 4.46. The van der Waals surface area contributed by atoms with Crippen molar-refractivity contribution in [2.75, 3.05) is 26.4 Å². The summed E-state index contributed by atoms with van der Waals surface area (Å²) in [4.78, 5) is 3.87. The summed E-state index contributed by atoms with van der Waals surface area (Å²) >= 11 is 0. The van der Waals surface area contributed by atoms with Crippen LogP contribution in [0.5, 0.6) is 0 Å². The molecule has 0 amide bonds. The quantitative estimate of drug-likeness (QED) is 0.343. The van der Waals surface area contributed by atoms with Crippen LogP contribution >= 0.6 is 0 Å². The lowest BCUT2D eigenvalue weighted by Crippen LogP contribution is -2.18. The summed E-state index contributed by atoms with van der Waals surface area (Å²) in [5.74, 6) is 0. The molecule has 0 saturated carbocycles. The maximum atomic E-state index is 8.01. The van der Waals surface area contributed by atoms with Crippen LogP contribution in [0.25, 0.3) is 0 Å². The predicted molar refractivity (Wildman–Crippen MR) is 49.7 cm³/mol. The van der Waals surface area contributed by atoms with E-state index in [1.54, 1.807) is 0 Å². The number of unbranched alkanes of at least 4 members (excludes halogenated alkanes) is 1. The molecule has 1 N–H and O–H groups in total. The molecular weight excluding hydrogens is 172 g/mol. The molecule has 0 aromatic heterocycles. The fourth-order valence-corrected chi connectivity index (χ4v) is 0.830. The fraction of sp³-hybridized carbons (Fsp3) is 1.00. The van der Waals surface area contributed by atoms with Crippen LogP contribution < -0.4 is 0 Å². The SMILES string of the molecule is CCCCOCC(C)OCCOO. The molecule has 0 bridgehead atoms. The molecule has 0 aromatic rings. The van der Waals surface area contributed by atoms with Gasteiger partial charge < -0.3 is 9.47 Å². The lowest BCUT2D eigenvalue weighted by molar-refractivity contribution is -0.251. The summed E-state index contributed by atoms with van der Waals surface area (Å²) in [5.41, 5.74) is 0. The van der Waals surface area contributed by atoms with E-state index in [4.69, 9.17) is 14.7 Å². The molecule has 13 heavy (non-hydrogen) atoms. The number of ether oxygens (including phenoxy) is 2. The van der Waals surface area contributed by atoms with Gasteiger partial charge in [-0.15, -0.1) is 0 Å². The Hall–Kier alpha value is -0.160. The van der Waals surface area contributed by atoms with Crippen molar-refractivity contribution in [3.8, 4) is 0 Å². The molecule has 0 aromatic carbocycles. The largest absolute Gasteiger partial charge is 0.379 e. The first kappa shape index (κ1) is 12.8. The third-order valence-corrected chi connectivity index (χ3v) is 1.57. The Kier molecular flexibility index (Phi) is 9.80. The van der Waals surface area contributed by atoms with Crippen LogP contribution in [0.1, 0.15) is 26.7 Å². The van der Waals surface area contributed by atoms with E-state index in [2.05, 4.69) is 11.8 Å². The third kappa shape index (κ3) is 9.76. The maximum Gasteiger partial charge on any atom is 0.105 e. The van der Waals surface area contributed by atoms with Crippen molar-refractivity contribution >= 4 is 0 Å². The summed E-state index contributed by atoms with van der Waals surface area (Å²) in [6.45, 7) is 6.06. The van der Waals surface area contributed by atoms with Gasteiger partial charge >= 0.3 is 0 Å². The lowest BCUT2D eigenvalue weighted by atomic mass is 10.3. The Morgan fingerprint density at radius 3 is 2.62 bits per heavy atom. The van der Waals surface area contributed by atoms with Crippen LogP contribution in [0.4, 0.5) is 0 Å². The van der Waals surface area contributed by atoms with Gasteiger partial charge in [0.15, 0.2) is 0 Å². The summed E-state index contributed by atoms with van der Waals surface area (Å²) in [7, 11) is 0. The first-order valence-electron chi connectivity index (χ1n) is 4.77. The summed E-state index contributed by atoms with van der Waals surface area (Å²) in [6.07, 6.45) is 2.30. The topological polar surface area (TPSA) is 47.9 Å². The van der Waals surface area contributed by atoms with Crippen molar-refractivity contribution < 1.29 is 19.6 Å². The molecule has 0 spiro atoms. The molecule has 0 rings (SSSR count). The van der Waals surface area contributed by atoms with Crippen molar-refractivity contribution in [2.45, 2.75) is 32.8 Å². The van der Waals surface area contributed by atoms with E-state index in [1.807, 2.05) is 6.92 Å². The van der Waals surface area contributed by atoms with Gasteiger partial charge in [0.1, 0.15) is 6.61 Å². The zero-order chi connectivity index (χ0) is 9.94. The van der Waals surface area contributed by atoms with Crippen molar-refractivity contribution in [1.82, 2.24) is 0 Å². The van der Waals surface area contributed by atoms with Gasteiger partial charge in [-0.2, -0.15) is 0 Å². The van der Waals surface area contributed by atoms with Crippen molar-refractivity contribution in [1.29, 1.82) is 0 Å². The molecule has 4 nitrogen and oxygen atoms in total. The summed E-state index contributed by atoms with van der Waals surface area (Å²) in [5, 5.41) is 8.01. The van der Waals surface area contributed by atoms with Crippen LogP contribution in [0, 0.1) is 0 Å². The second-order valence-electron chi connectivity index (χ2n) is 2.94. The highest BCUT2D eigenvalue weighted by atomic mass is 17.1. The zero-order valence-corrected chi connectivity index (χ0v) is 8.49. The van der Waals surface area contributed by atoms with E-state index < -0.39 is 0 Å². The molecule has 4 heteroatoms. The number of hydrogen-bond donors (Lipinski definition) is 1. The Morgan fingerprint density at radius 1 is 1.23 bits per heavy atom. The van der Waals surface area contributed by atoms with Crippen molar-refractivity contribution in [3.05, 3.63) is 0 Å². The maximum absolute atomic E-state index is 8.01.